The molecule has 7 heteroatoms. The molecule has 0 bridgehead atoms. The Labute approximate surface area is 239 Å². The molecule has 2 aliphatic heterocycles. The van der Waals surface area contributed by atoms with Gasteiger partial charge in [0.25, 0.3) is 5.91 Å². The number of aryl methyl sites for hydroxylation is 1. The number of carbonyl (C=O) groups is 1. The monoisotopic (exact) mass is 547 g/mol. The van der Waals surface area contributed by atoms with Crippen molar-refractivity contribution in [1.82, 2.24) is 14.5 Å². The van der Waals surface area contributed by atoms with Crippen molar-refractivity contribution in [3.05, 3.63) is 107 Å². The fourth-order valence-electron chi connectivity index (χ4n) is 6.59. The molecule has 208 valence electrons. The van der Waals surface area contributed by atoms with Crippen LogP contribution in [-0.2, 0) is 23.5 Å². The Morgan fingerprint density at radius 3 is 2.54 bits per heavy atom. The van der Waals surface area contributed by atoms with Crippen molar-refractivity contribution < 1.29 is 18.7 Å². The quantitative estimate of drug-likeness (QED) is 0.247. The van der Waals surface area contributed by atoms with Crippen molar-refractivity contribution in [2.75, 3.05) is 20.2 Å². The topological polar surface area (TPSA) is 69.7 Å². The minimum Gasteiger partial charge on any atom is -0.496 e. The van der Waals surface area contributed by atoms with Crippen molar-refractivity contribution in [3.63, 3.8) is 0 Å². The predicted molar refractivity (Wildman–Crippen MR) is 157 cm³/mol. The highest BCUT2D eigenvalue weighted by atomic mass is 16.5. The summed E-state index contributed by atoms with van der Waals surface area (Å²) in [5.41, 5.74) is 6.61. The Bertz CT molecular complexity index is 1770. The van der Waals surface area contributed by atoms with E-state index in [2.05, 4.69) is 34.9 Å². The van der Waals surface area contributed by atoms with Crippen LogP contribution < -0.4 is 4.74 Å². The van der Waals surface area contributed by atoms with Gasteiger partial charge in [-0.2, -0.15) is 0 Å². The molecule has 1 spiro atoms. The molecule has 1 fully saturated rings. The van der Waals surface area contributed by atoms with Crippen molar-refractivity contribution in [3.8, 4) is 17.2 Å². The highest BCUT2D eigenvalue weighted by molar-refractivity contribution is 6.08. The average molecular weight is 548 g/mol. The van der Waals surface area contributed by atoms with Crippen molar-refractivity contribution in [1.29, 1.82) is 0 Å². The average Bonchev–Trinajstić information content (AvgIpc) is 3.65. The molecular weight excluding hydrogens is 514 g/mol. The summed E-state index contributed by atoms with van der Waals surface area (Å²) in [4.78, 5) is 21.0. The predicted octanol–water partition coefficient (Wildman–Crippen LogP) is 6.63. The summed E-state index contributed by atoms with van der Waals surface area (Å²) < 4.78 is 20.1. The van der Waals surface area contributed by atoms with E-state index in [4.69, 9.17) is 18.9 Å². The Morgan fingerprint density at radius 2 is 1.71 bits per heavy atom. The van der Waals surface area contributed by atoms with Crippen LogP contribution in [0.15, 0.2) is 77.2 Å². The lowest BCUT2D eigenvalue weighted by Gasteiger charge is -2.39. The van der Waals surface area contributed by atoms with Crippen molar-refractivity contribution in [2.24, 2.45) is 0 Å². The smallest absolute Gasteiger partial charge is 0.256 e. The van der Waals surface area contributed by atoms with Crippen LogP contribution in [0.2, 0.25) is 0 Å². The van der Waals surface area contributed by atoms with Gasteiger partial charge in [0, 0.05) is 29.7 Å². The number of aromatic nitrogens is 2. The Morgan fingerprint density at radius 1 is 0.976 bits per heavy atom. The SMILES string of the molecule is COc1ccccc1-c1nc(Cn2c(C)c(C(=O)N3CCC4(CC3)OCc3ccccc34)c3ccccc32)c(C)o1. The summed E-state index contributed by atoms with van der Waals surface area (Å²) in [5, 5.41) is 0.962. The van der Waals surface area contributed by atoms with Gasteiger partial charge in [-0.15, -0.1) is 0 Å². The summed E-state index contributed by atoms with van der Waals surface area (Å²) in [6.45, 7) is 6.44. The number of oxazole rings is 1. The first-order chi connectivity index (χ1) is 20.0. The molecule has 41 heavy (non-hydrogen) atoms. The molecule has 0 saturated carbocycles. The van der Waals surface area contributed by atoms with Gasteiger partial charge in [-0.1, -0.05) is 54.6 Å². The molecule has 2 aromatic heterocycles. The molecule has 0 aliphatic carbocycles. The summed E-state index contributed by atoms with van der Waals surface area (Å²) in [6, 6.07) is 24.3. The molecule has 7 rings (SSSR count). The van der Waals surface area contributed by atoms with E-state index in [0.717, 1.165) is 52.0 Å². The van der Waals surface area contributed by atoms with Crippen LogP contribution in [0.5, 0.6) is 5.75 Å². The first-order valence-corrected chi connectivity index (χ1v) is 14.2. The number of fused-ring (bicyclic) bond motifs is 3. The summed E-state index contributed by atoms with van der Waals surface area (Å²) in [7, 11) is 1.64. The fraction of sp³-hybridized carbons (Fsp3) is 0.294. The normalized spacial score (nSPS) is 15.9. The summed E-state index contributed by atoms with van der Waals surface area (Å²) in [5.74, 6) is 2.06. The van der Waals surface area contributed by atoms with E-state index >= 15 is 0 Å². The van der Waals surface area contributed by atoms with Crippen LogP contribution in [-0.4, -0.2) is 40.6 Å². The number of para-hydroxylation sites is 2. The molecule has 7 nitrogen and oxygen atoms in total. The highest BCUT2D eigenvalue weighted by Gasteiger charge is 2.43. The number of ether oxygens (including phenoxy) is 2. The third-order valence-electron chi connectivity index (χ3n) is 8.85. The fourth-order valence-corrected chi connectivity index (χ4v) is 6.59. The molecule has 0 atom stereocenters. The number of nitrogens with zero attached hydrogens (tertiary/aromatic N) is 3. The second kappa shape index (κ2) is 9.93. The summed E-state index contributed by atoms with van der Waals surface area (Å²) in [6.07, 6.45) is 1.61. The number of benzene rings is 3. The van der Waals surface area contributed by atoms with Crippen LogP contribution in [0.3, 0.4) is 0 Å². The molecular formula is C34H33N3O4. The van der Waals surface area contributed by atoms with Gasteiger partial charge in [0.1, 0.15) is 17.2 Å². The second-order valence-electron chi connectivity index (χ2n) is 11.0. The van der Waals surface area contributed by atoms with E-state index < -0.39 is 0 Å². The van der Waals surface area contributed by atoms with E-state index in [1.54, 1.807) is 7.11 Å². The van der Waals surface area contributed by atoms with Gasteiger partial charge < -0.3 is 23.4 Å². The first kappa shape index (κ1) is 25.6. The van der Waals surface area contributed by atoms with Crippen LogP contribution in [0, 0.1) is 13.8 Å². The van der Waals surface area contributed by atoms with Gasteiger partial charge in [0.15, 0.2) is 0 Å². The number of hydrogen-bond donors (Lipinski definition) is 0. The van der Waals surface area contributed by atoms with Crippen LogP contribution >= 0.6 is 0 Å². The Hall–Kier alpha value is -4.36. The molecule has 0 radical (unpaired) electrons. The van der Waals surface area contributed by atoms with E-state index in [1.165, 1.54) is 11.1 Å². The molecule has 2 aliphatic rings. The summed E-state index contributed by atoms with van der Waals surface area (Å²) >= 11 is 0. The maximum absolute atomic E-state index is 14.1. The number of methoxy groups -OCH3 is 1. The number of amides is 1. The largest absolute Gasteiger partial charge is 0.496 e. The molecule has 5 aromatic rings. The van der Waals surface area contributed by atoms with Gasteiger partial charge in [0.2, 0.25) is 5.89 Å². The zero-order valence-corrected chi connectivity index (χ0v) is 23.6. The van der Waals surface area contributed by atoms with Crippen molar-refractivity contribution in [2.45, 2.75) is 45.4 Å². The lowest BCUT2D eigenvalue weighted by Crippen LogP contribution is -2.45. The minimum atomic E-state index is -0.278. The first-order valence-electron chi connectivity index (χ1n) is 14.2. The zero-order chi connectivity index (χ0) is 28.1. The van der Waals surface area contributed by atoms with Gasteiger partial charge >= 0.3 is 0 Å². The Kier molecular flexibility index (Phi) is 6.20. The molecule has 0 N–H and O–H groups in total. The number of hydrogen-bond acceptors (Lipinski definition) is 5. The number of carbonyl (C=O) groups excluding carboxylic acids is 1. The van der Waals surface area contributed by atoms with E-state index in [9.17, 15) is 4.79 Å². The number of rotatable bonds is 5. The minimum absolute atomic E-state index is 0.0742. The van der Waals surface area contributed by atoms with Gasteiger partial charge in [-0.3, -0.25) is 4.79 Å². The third kappa shape index (κ3) is 4.15. The molecule has 4 heterocycles. The zero-order valence-electron chi connectivity index (χ0n) is 23.6. The number of piperidine rings is 1. The van der Waals surface area contributed by atoms with Gasteiger partial charge in [-0.25, -0.2) is 4.98 Å². The van der Waals surface area contributed by atoms with E-state index in [-0.39, 0.29) is 11.5 Å². The van der Waals surface area contributed by atoms with Gasteiger partial charge in [-0.05, 0) is 56.0 Å². The maximum Gasteiger partial charge on any atom is 0.256 e. The molecule has 1 amide bonds. The molecule has 0 unspecified atom stereocenters. The lowest BCUT2D eigenvalue weighted by atomic mass is 9.83. The van der Waals surface area contributed by atoms with Crippen LogP contribution in [0.25, 0.3) is 22.4 Å². The van der Waals surface area contributed by atoms with Crippen LogP contribution in [0.4, 0.5) is 0 Å². The highest BCUT2D eigenvalue weighted by Crippen LogP contribution is 2.44. The Balaban J connectivity index is 1.18. The van der Waals surface area contributed by atoms with E-state index in [0.29, 0.717) is 37.9 Å². The lowest BCUT2D eigenvalue weighted by molar-refractivity contribution is -0.0741. The van der Waals surface area contributed by atoms with E-state index in [1.807, 2.05) is 61.2 Å². The maximum atomic E-state index is 14.1. The standard InChI is InChI=1S/C34H33N3O4/c1-22-31(33(38)36-18-16-34(17-19-36)27-13-7-4-10-24(27)21-40-34)25-11-5-8-14-29(25)37(22)20-28-23(2)41-32(35-28)26-12-6-9-15-30(26)39-3/h4-15H,16-21H2,1-3H3. The second-order valence-corrected chi connectivity index (χ2v) is 11.0. The third-order valence-corrected chi connectivity index (χ3v) is 8.85. The van der Waals surface area contributed by atoms with Crippen LogP contribution in [0.1, 0.15) is 51.5 Å². The number of likely N-dealkylation sites (tertiary alicyclic amines) is 1. The van der Waals surface area contributed by atoms with Gasteiger partial charge in [0.05, 0.1) is 37.0 Å². The molecule has 1 saturated heterocycles. The molecule has 3 aromatic carbocycles. The van der Waals surface area contributed by atoms with Crippen molar-refractivity contribution >= 4 is 16.8 Å².